The van der Waals surface area contributed by atoms with E-state index in [1.807, 2.05) is 6.92 Å². The van der Waals surface area contributed by atoms with Gasteiger partial charge in [-0.15, -0.1) is 0 Å². The standard InChI is InChI=1S/C11H23N3/c1-6-14(5)8-7-11(4,9-12)13-10(2)3/h10,13H,6-8H2,1-5H3. The highest BCUT2D eigenvalue weighted by Crippen LogP contribution is 2.10. The van der Waals surface area contributed by atoms with E-state index in [4.69, 9.17) is 5.26 Å². The molecule has 0 radical (unpaired) electrons. The first-order valence-corrected chi connectivity index (χ1v) is 5.31. The van der Waals surface area contributed by atoms with Gasteiger partial charge >= 0.3 is 0 Å². The molecule has 1 unspecified atom stereocenters. The van der Waals surface area contributed by atoms with Crippen molar-refractivity contribution in [2.45, 2.75) is 45.7 Å². The summed E-state index contributed by atoms with van der Waals surface area (Å²) in [4.78, 5) is 2.22. The van der Waals surface area contributed by atoms with Gasteiger partial charge in [-0.2, -0.15) is 5.26 Å². The summed E-state index contributed by atoms with van der Waals surface area (Å²) in [5.41, 5.74) is -0.391. The minimum atomic E-state index is -0.391. The zero-order valence-electron chi connectivity index (χ0n) is 10.1. The Kier molecular flexibility index (Phi) is 5.75. The van der Waals surface area contributed by atoms with Gasteiger partial charge in [0.15, 0.2) is 0 Å². The van der Waals surface area contributed by atoms with Crippen LogP contribution in [0.15, 0.2) is 0 Å². The fourth-order valence-electron chi connectivity index (χ4n) is 1.37. The number of nitrogens with one attached hydrogen (secondary N) is 1. The molecule has 82 valence electrons. The van der Waals surface area contributed by atoms with Crippen molar-refractivity contribution in [1.29, 1.82) is 5.26 Å². The second-order valence-corrected chi connectivity index (χ2v) is 4.39. The van der Waals surface area contributed by atoms with Crippen LogP contribution < -0.4 is 5.32 Å². The average Bonchev–Trinajstić information content (AvgIpc) is 2.13. The fraction of sp³-hybridized carbons (Fsp3) is 0.909. The molecule has 0 aliphatic rings. The van der Waals surface area contributed by atoms with Crippen molar-refractivity contribution in [2.24, 2.45) is 0 Å². The molecule has 0 aromatic heterocycles. The lowest BCUT2D eigenvalue weighted by atomic mass is 9.98. The molecular weight excluding hydrogens is 174 g/mol. The van der Waals surface area contributed by atoms with Crippen LogP contribution in [0.4, 0.5) is 0 Å². The summed E-state index contributed by atoms with van der Waals surface area (Å²) in [5.74, 6) is 0. The summed E-state index contributed by atoms with van der Waals surface area (Å²) in [7, 11) is 2.08. The normalized spacial score (nSPS) is 15.6. The van der Waals surface area contributed by atoms with E-state index in [-0.39, 0.29) is 0 Å². The van der Waals surface area contributed by atoms with Gasteiger partial charge in [-0.25, -0.2) is 0 Å². The van der Waals surface area contributed by atoms with Crippen LogP contribution in [0.5, 0.6) is 0 Å². The first-order chi connectivity index (χ1) is 6.43. The predicted octanol–water partition coefficient (Wildman–Crippen LogP) is 1.61. The smallest absolute Gasteiger partial charge is 0.105 e. The molecule has 1 atom stereocenters. The van der Waals surface area contributed by atoms with Crippen molar-refractivity contribution in [3.8, 4) is 6.07 Å². The van der Waals surface area contributed by atoms with E-state index in [0.29, 0.717) is 6.04 Å². The van der Waals surface area contributed by atoms with E-state index in [2.05, 4.69) is 44.1 Å². The van der Waals surface area contributed by atoms with Gasteiger partial charge < -0.3 is 4.90 Å². The van der Waals surface area contributed by atoms with Crippen molar-refractivity contribution in [3.63, 3.8) is 0 Å². The molecule has 0 saturated heterocycles. The Hall–Kier alpha value is -0.590. The van der Waals surface area contributed by atoms with Crippen molar-refractivity contribution in [1.82, 2.24) is 10.2 Å². The summed E-state index contributed by atoms with van der Waals surface area (Å²) in [6.45, 7) is 10.2. The monoisotopic (exact) mass is 197 g/mol. The third-order valence-electron chi connectivity index (χ3n) is 2.39. The molecule has 0 aliphatic carbocycles. The maximum absolute atomic E-state index is 9.09. The minimum absolute atomic E-state index is 0.353. The minimum Gasteiger partial charge on any atom is -0.307 e. The van der Waals surface area contributed by atoms with E-state index < -0.39 is 5.54 Å². The third kappa shape index (κ3) is 5.21. The number of hydrogen-bond acceptors (Lipinski definition) is 3. The van der Waals surface area contributed by atoms with Crippen molar-refractivity contribution >= 4 is 0 Å². The van der Waals surface area contributed by atoms with E-state index in [1.165, 1.54) is 0 Å². The summed E-state index contributed by atoms with van der Waals surface area (Å²) in [5, 5.41) is 12.4. The van der Waals surface area contributed by atoms with Gasteiger partial charge in [0, 0.05) is 12.6 Å². The van der Waals surface area contributed by atoms with Crippen molar-refractivity contribution < 1.29 is 0 Å². The van der Waals surface area contributed by atoms with Crippen LogP contribution >= 0.6 is 0 Å². The zero-order chi connectivity index (χ0) is 11.2. The summed E-state index contributed by atoms with van der Waals surface area (Å²) < 4.78 is 0. The maximum atomic E-state index is 9.09. The van der Waals surface area contributed by atoms with Gasteiger partial charge in [0.2, 0.25) is 0 Å². The molecule has 0 spiro atoms. The van der Waals surface area contributed by atoms with Gasteiger partial charge in [0.1, 0.15) is 5.54 Å². The van der Waals surface area contributed by atoms with Crippen LogP contribution in [0, 0.1) is 11.3 Å². The highest BCUT2D eigenvalue weighted by molar-refractivity contribution is 5.04. The Balaban J connectivity index is 4.07. The third-order valence-corrected chi connectivity index (χ3v) is 2.39. The summed E-state index contributed by atoms with van der Waals surface area (Å²) >= 11 is 0. The molecule has 1 N–H and O–H groups in total. The van der Waals surface area contributed by atoms with Gasteiger partial charge in [-0.05, 0) is 40.8 Å². The number of hydrogen-bond donors (Lipinski definition) is 1. The van der Waals surface area contributed by atoms with E-state index >= 15 is 0 Å². The topological polar surface area (TPSA) is 39.1 Å². The van der Waals surface area contributed by atoms with Gasteiger partial charge in [-0.3, -0.25) is 5.32 Å². The van der Waals surface area contributed by atoms with Crippen LogP contribution in [0.1, 0.15) is 34.1 Å². The fourth-order valence-corrected chi connectivity index (χ4v) is 1.37. The molecule has 3 heteroatoms. The summed E-state index contributed by atoms with van der Waals surface area (Å²) in [6, 6.07) is 2.70. The quantitative estimate of drug-likeness (QED) is 0.703. The van der Waals surface area contributed by atoms with E-state index in [1.54, 1.807) is 0 Å². The molecule has 0 aromatic carbocycles. The molecular formula is C11H23N3. The molecule has 14 heavy (non-hydrogen) atoms. The first-order valence-electron chi connectivity index (χ1n) is 5.31. The van der Waals surface area contributed by atoms with E-state index in [0.717, 1.165) is 19.5 Å². The van der Waals surface area contributed by atoms with Crippen molar-refractivity contribution in [3.05, 3.63) is 0 Å². The van der Waals surface area contributed by atoms with Crippen LogP contribution in [-0.4, -0.2) is 36.6 Å². The predicted molar refractivity (Wildman–Crippen MR) is 60.1 cm³/mol. The number of nitriles is 1. The van der Waals surface area contributed by atoms with Crippen LogP contribution in [0.3, 0.4) is 0 Å². The van der Waals surface area contributed by atoms with Gasteiger partial charge in [0.25, 0.3) is 0 Å². The number of nitrogens with zero attached hydrogens (tertiary/aromatic N) is 2. The van der Waals surface area contributed by atoms with Gasteiger partial charge in [-0.1, -0.05) is 6.92 Å². The van der Waals surface area contributed by atoms with Crippen LogP contribution in [-0.2, 0) is 0 Å². The largest absolute Gasteiger partial charge is 0.307 e. The van der Waals surface area contributed by atoms with Crippen molar-refractivity contribution in [2.75, 3.05) is 20.1 Å². The van der Waals surface area contributed by atoms with Crippen LogP contribution in [0.2, 0.25) is 0 Å². The molecule has 0 fully saturated rings. The highest BCUT2D eigenvalue weighted by atomic mass is 15.1. The molecule has 0 aromatic rings. The first kappa shape index (κ1) is 13.4. The Morgan fingerprint density at radius 3 is 2.43 bits per heavy atom. The number of rotatable bonds is 6. The lowest BCUT2D eigenvalue weighted by molar-refractivity contribution is 0.289. The Bertz CT molecular complexity index is 195. The maximum Gasteiger partial charge on any atom is 0.105 e. The molecule has 0 bridgehead atoms. The molecule has 0 saturated carbocycles. The molecule has 0 amide bonds. The average molecular weight is 197 g/mol. The Labute approximate surface area is 88.1 Å². The molecule has 0 heterocycles. The molecule has 3 nitrogen and oxygen atoms in total. The Morgan fingerprint density at radius 2 is 2.07 bits per heavy atom. The molecule has 0 rings (SSSR count). The highest BCUT2D eigenvalue weighted by Gasteiger charge is 2.24. The van der Waals surface area contributed by atoms with E-state index in [9.17, 15) is 0 Å². The lowest BCUT2D eigenvalue weighted by Gasteiger charge is -2.27. The Morgan fingerprint density at radius 1 is 1.50 bits per heavy atom. The molecule has 0 aliphatic heterocycles. The summed E-state index contributed by atoms with van der Waals surface area (Å²) in [6.07, 6.45) is 0.867. The second-order valence-electron chi connectivity index (χ2n) is 4.39. The zero-order valence-corrected chi connectivity index (χ0v) is 10.1. The SMILES string of the molecule is CCN(C)CCC(C)(C#N)NC(C)C. The van der Waals surface area contributed by atoms with Crippen LogP contribution in [0.25, 0.3) is 0 Å². The van der Waals surface area contributed by atoms with Gasteiger partial charge in [0.05, 0.1) is 6.07 Å². The second kappa shape index (κ2) is 6.00. The lowest BCUT2D eigenvalue weighted by Crippen LogP contribution is -2.46.